The first-order chi connectivity index (χ1) is 6.47. The minimum absolute atomic E-state index is 0.247. The van der Waals surface area contributed by atoms with Crippen molar-refractivity contribution in [2.24, 2.45) is 0 Å². The van der Waals surface area contributed by atoms with Crippen LogP contribution in [-0.2, 0) is 19.3 Å². The van der Waals surface area contributed by atoms with Gasteiger partial charge in [-0.15, -0.1) is 0 Å². The maximum atomic E-state index is 11.2. The van der Waals surface area contributed by atoms with Crippen LogP contribution in [0.15, 0.2) is 0 Å². The molecule has 0 aromatic carbocycles. The molecule has 0 aliphatic carbocycles. The Hall–Kier alpha value is -0.130. The number of sulfone groups is 1. The van der Waals surface area contributed by atoms with Gasteiger partial charge in [0, 0.05) is 7.11 Å². The molecule has 0 aromatic heterocycles. The second-order valence-corrected chi connectivity index (χ2v) is 6.25. The Morgan fingerprint density at radius 2 is 1.79 bits per heavy atom. The topological polar surface area (TPSA) is 52.6 Å². The molecular weight excluding hydrogens is 204 g/mol. The SMILES string of the molecule is COCCOC1(C)CCS(=O)(=O)CC1. The van der Waals surface area contributed by atoms with Crippen molar-refractivity contribution in [2.75, 3.05) is 31.8 Å². The zero-order valence-corrected chi connectivity index (χ0v) is 9.60. The molecule has 1 aliphatic rings. The van der Waals surface area contributed by atoms with Gasteiger partial charge in [0.25, 0.3) is 0 Å². The average Bonchev–Trinajstić information content (AvgIpc) is 2.12. The van der Waals surface area contributed by atoms with E-state index in [1.807, 2.05) is 6.92 Å². The van der Waals surface area contributed by atoms with Gasteiger partial charge in [0.2, 0.25) is 0 Å². The van der Waals surface area contributed by atoms with E-state index in [0.29, 0.717) is 26.1 Å². The van der Waals surface area contributed by atoms with Gasteiger partial charge in [-0.25, -0.2) is 8.42 Å². The van der Waals surface area contributed by atoms with Crippen LogP contribution in [0.5, 0.6) is 0 Å². The molecule has 0 bridgehead atoms. The molecule has 0 radical (unpaired) electrons. The van der Waals surface area contributed by atoms with Gasteiger partial charge in [-0.2, -0.15) is 0 Å². The smallest absolute Gasteiger partial charge is 0.150 e. The number of hydrogen-bond donors (Lipinski definition) is 0. The summed E-state index contributed by atoms with van der Waals surface area (Å²) in [6.07, 6.45) is 1.19. The third kappa shape index (κ3) is 3.55. The van der Waals surface area contributed by atoms with Gasteiger partial charge in [0.1, 0.15) is 0 Å². The van der Waals surface area contributed by atoms with Gasteiger partial charge < -0.3 is 9.47 Å². The van der Waals surface area contributed by atoms with Crippen LogP contribution >= 0.6 is 0 Å². The van der Waals surface area contributed by atoms with E-state index < -0.39 is 9.84 Å². The summed E-state index contributed by atoms with van der Waals surface area (Å²) in [6.45, 7) is 3.06. The summed E-state index contributed by atoms with van der Waals surface area (Å²) in [4.78, 5) is 0. The maximum absolute atomic E-state index is 11.2. The molecule has 1 saturated heterocycles. The first-order valence-electron chi connectivity index (χ1n) is 4.81. The van der Waals surface area contributed by atoms with Crippen molar-refractivity contribution < 1.29 is 17.9 Å². The summed E-state index contributed by atoms with van der Waals surface area (Å²) >= 11 is 0. The highest BCUT2D eigenvalue weighted by atomic mass is 32.2. The Morgan fingerprint density at radius 1 is 1.21 bits per heavy atom. The van der Waals surface area contributed by atoms with Crippen LogP contribution < -0.4 is 0 Å². The van der Waals surface area contributed by atoms with Crippen LogP contribution in [0.1, 0.15) is 19.8 Å². The standard InChI is InChI=1S/C9H18O4S/c1-9(13-6-5-12-2)3-7-14(10,11)8-4-9/h3-8H2,1-2H3. The molecule has 4 nitrogen and oxygen atoms in total. The van der Waals surface area contributed by atoms with Crippen LogP contribution in [0, 0.1) is 0 Å². The van der Waals surface area contributed by atoms with E-state index in [4.69, 9.17) is 9.47 Å². The second-order valence-electron chi connectivity index (χ2n) is 3.94. The molecule has 1 fully saturated rings. The summed E-state index contributed by atoms with van der Waals surface area (Å²) in [5.74, 6) is 0.493. The molecule has 5 heteroatoms. The highest BCUT2D eigenvalue weighted by Crippen LogP contribution is 2.26. The fourth-order valence-corrected chi connectivity index (χ4v) is 3.18. The van der Waals surface area contributed by atoms with E-state index in [1.165, 1.54) is 0 Å². The zero-order valence-electron chi connectivity index (χ0n) is 8.78. The summed E-state index contributed by atoms with van der Waals surface area (Å²) in [5, 5.41) is 0. The predicted molar refractivity (Wildman–Crippen MR) is 54.1 cm³/mol. The quantitative estimate of drug-likeness (QED) is 0.654. The first-order valence-corrected chi connectivity index (χ1v) is 6.63. The van der Waals surface area contributed by atoms with Gasteiger partial charge in [0.05, 0.1) is 30.3 Å². The van der Waals surface area contributed by atoms with E-state index in [2.05, 4.69) is 0 Å². The third-order valence-electron chi connectivity index (χ3n) is 2.62. The summed E-state index contributed by atoms with van der Waals surface area (Å²) in [5.41, 5.74) is -0.274. The minimum Gasteiger partial charge on any atom is -0.382 e. The monoisotopic (exact) mass is 222 g/mol. The lowest BCUT2D eigenvalue weighted by Gasteiger charge is -2.33. The van der Waals surface area contributed by atoms with Gasteiger partial charge in [0.15, 0.2) is 9.84 Å². The van der Waals surface area contributed by atoms with E-state index in [1.54, 1.807) is 7.11 Å². The Kier molecular flexibility index (Phi) is 3.92. The molecule has 0 spiro atoms. The van der Waals surface area contributed by atoms with Crippen LogP contribution in [-0.4, -0.2) is 45.8 Å². The number of hydrogen-bond acceptors (Lipinski definition) is 4. The van der Waals surface area contributed by atoms with Crippen LogP contribution in [0.25, 0.3) is 0 Å². The Labute approximate surface area is 85.5 Å². The molecule has 0 unspecified atom stereocenters. The van der Waals surface area contributed by atoms with Crippen molar-refractivity contribution >= 4 is 9.84 Å². The largest absolute Gasteiger partial charge is 0.382 e. The van der Waals surface area contributed by atoms with E-state index in [-0.39, 0.29) is 17.1 Å². The Balaban J connectivity index is 2.37. The van der Waals surface area contributed by atoms with Crippen molar-refractivity contribution in [3.63, 3.8) is 0 Å². The highest BCUT2D eigenvalue weighted by Gasteiger charge is 2.33. The molecule has 14 heavy (non-hydrogen) atoms. The number of rotatable bonds is 4. The van der Waals surface area contributed by atoms with Gasteiger partial charge in [-0.05, 0) is 19.8 Å². The minimum atomic E-state index is -2.80. The van der Waals surface area contributed by atoms with Crippen molar-refractivity contribution in [3.8, 4) is 0 Å². The highest BCUT2D eigenvalue weighted by molar-refractivity contribution is 7.91. The lowest BCUT2D eigenvalue weighted by atomic mass is 9.99. The number of methoxy groups -OCH3 is 1. The fraction of sp³-hybridized carbons (Fsp3) is 1.00. The number of ether oxygens (including phenoxy) is 2. The van der Waals surface area contributed by atoms with E-state index >= 15 is 0 Å². The van der Waals surface area contributed by atoms with Crippen LogP contribution in [0.3, 0.4) is 0 Å². The molecule has 84 valence electrons. The van der Waals surface area contributed by atoms with Crippen molar-refractivity contribution in [2.45, 2.75) is 25.4 Å². The second kappa shape index (κ2) is 4.59. The zero-order chi connectivity index (χ0) is 10.7. The van der Waals surface area contributed by atoms with Gasteiger partial charge >= 0.3 is 0 Å². The van der Waals surface area contributed by atoms with Gasteiger partial charge in [-0.1, -0.05) is 0 Å². The van der Waals surface area contributed by atoms with E-state index in [9.17, 15) is 8.42 Å². The first kappa shape index (κ1) is 11.9. The molecule has 0 N–H and O–H groups in total. The van der Waals surface area contributed by atoms with Crippen LogP contribution in [0.4, 0.5) is 0 Å². The lowest BCUT2D eigenvalue weighted by molar-refractivity contribution is -0.0564. The maximum Gasteiger partial charge on any atom is 0.150 e. The summed E-state index contributed by atoms with van der Waals surface area (Å²) in [7, 11) is -1.17. The fourth-order valence-electron chi connectivity index (χ4n) is 1.49. The Bertz CT molecular complexity index is 257. The molecule has 0 amide bonds. The molecule has 1 aliphatic heterocycles. The summed E-state index contributed by atoms with van der Waals surface area (Å²) in [6, 6.07) is 0. The molecule has 1 rings (SSSR count). The summed E-state index contributed by atoms with van der Waals surface area (Å²) < 4.78 is 32.9. The molecule has 1 heterocycles. The van der Waals surface area contributed by atoms with Gasteiger partial charge in [-0.3, -0.25) is 0 Å². The molecule has 0 saturated carbocycles. The lowest BCUT2D eigenvalue weighted by Crippen LogP contribution is -2.39. The third-order valence-corrected chi connectivity index (χ3v) is 4.27. The van der Waals surface area contributed by atoms with Crippen molar-refractivity contribution in [1.29, 1.82) is 0 Å². The molecule has 0 aromatic rings. The van der Waals surface area contributed by atoms with Crippen molar-refractivity contribution in [3.05, 3.63) is 0 Å². The molecule has 0 atom stereocenters. The van der Waals surface area contributed by atoms with Crippen molar-refractivity contribution in [1.82, 2.24) is 0 Å². The van der Waals surface area contributed by atoms with Crippen LogP contribution in [0.2, 0.25) is 0 Å². The normalized spacial score (nSPS) is 24.7. The predicted octanol–water partition coefficient (Wildman–Crippen LogP) is 0.617. The molecular formula is C9H18O4S. The Morgan fingerprint density at radius 3 is 2.29 bits per heavy atom. The average molecular weight is 222 g/mol. The van der Waals surface area contributed by atoms with E-state index in [0.717, 1.165) is 0 Å².